The number of hydrogen-bond acceptors (Lipinski definition) is 5. The highest BCUT2D eigenvalue weighted by molar-refractivity contribution is 5.94. The Kier molecular flexibility index (Phi) is 7.15. The van der Waals surface area contributed by atoms with Gasteiger partial charge < -0.3 is 9.64 Å². The van der Waals surface area contributed by atoms with E-state index in [-0.39, 0.29) is 44.2 Å². The Labute approximate surface area is 129 Å². The van der Waals surface area contributed by atoms with E-state index < -0.39 is 0 Å². The van der Waals surface area contributed by atoms with Gasteiger partial charge in [-0.2, -0.15) is 10.5 Å². The third-order valence-electron chi connectivity index (χ3n) is 2.96. The van der Waals surface area contributed by atoms with E-state index in [9.17, 15) is 9.59 Å². The number of amides is 1. The molecule has 0 aliphatic heterocycles. The van der Waals surface area contributed by atoms with Gasteiger partial charge in [0.2, 0.25) is 0 Å². The largest absolute Gasteiger partial charge is 0.484 e. The first-order valence-corrected chi connectivity index (χ1v) is 6.84. The molecule has 0 aliphatic carbocycles. The minimum Gasteiger partial charge on any atom is -0.484 e. The molecule has 0 fully saturated rings. The van der Waals surface area contributed by atoms with Crippen LogP contribution >= 0.6 is 0 Å². The van der Waals surface area contributed by atoms with E-state index >= 15 is 0 Å². The van der Waals surface area contributed by atoms with Crippen molar-refractivity contribution in [2.45, 2.75) is 19.8 Å². The lowest BCUT2D eigenvalue weighted by atomic mass is 10.1. The van der Waals surface area contributed by atoms with Crippen molar-refractivity contribution in [2.24, 2.45) is 0 Å². The van der Waals surface area contributed by atoms with Crippen LogP contribution in [0, 0.1) is 22.7 Å². The standard InChI is InChI=1S/C16H17N3O3/c1-13(20)14-4-6-15(7-5-14)22-12-16(21)19(10-2-8-17)11-3-9-18/h4-7H,2-3,10-12H2,1H3. The zero-order valence-corrected chi connectivity index (χ0v) is 12.4. The van der Waals surface area contributed by atoms with Gasteiger partial charge in [-0.1, -0.05) is 0 Å². The number of ketones is 1. The quantitative estimate of drug-likeness (QED) is 0.683. The summed E-state index contributed by atoms with van der Waals surface area (Å²) in [6.07, 6.45) is 0.426. The van der Waals surface area contributed by atoms with Crippen molar-refractivity contribution in [1.29, 1.82) is 10.5 Å². The minimum absolute atomic E-state index is 0.0400. The number of Topliss-reactive ketones (excluding diaryl/α,β-unsaturated/α-hetero) is 1. The van der Waals surface area contributed by atoms with Crippen LogP contribution in [0.2, 0.25) is 0 Å². The molecule has 114 valence electrons. The van der Waals surface area contributed by atoms with Gasteiger partial charge in [-0.3, -0.25) is 9.59 Å². The Hall–Kier alpha value is -2.86. The first-order chi connectivity index (χ1) is 10.6. The van der Waals surface area contributed by atoms with Crippen molar-refractivity contribution in [1.82, 2.24) is 4.90 Å². The lowest BCUT2D eigenvalue weighted by Gasteiger charge is -2.20. The summed E-state index contributed by atoms with van der Waals surface area (Å²) in [5.41, 5.74) is 0.573. The van der Waals surface area contributed by atoms with Crippen molar-refractivity contribution >= 4 is 11.7 Å². The average Bonchev–Trinajstić information content (AvgIpc) is 2.53. The number of rotatable bonds is 8. The molecule has 1 aromatic carbocycles. The van der Waals surface area contributed by atoms with E-state index in [2.05, 4.69) is 0 Å². The van der Waals surface area contributed by atoms with Crippen molar-refractivity contribution in [2.75, 3.05) is 19.7 Å². The molecule has 0 unspecified atom stereocenters. The molecule has 0 aromatic heterocycles. The molecule has 0 aliphatic rings. The molecule has 0 heterocycles. The Morgan fingerprint density at radius 3 is 2.09 bits per heavy atom. The van der Waals surface area contributed by atoms with Crippen molar-refractivity contribution in [3.63, 3.8) is 0 Å². The minimum atomic E-state index is -0.277. The summed E-state index contributed by atoms with van der Waals surface area (Å²) in [5, 5.41) is 17.2. The average molecular weight is 299 g/mol. The first kappa shape index (κ1) is 17.2. The van der Waals surface area contributed by atoms with Gasteiger partial charge in [-0.05, 0) is 31.2 Å². The van der Waals surface area contributed by atoms with Crippen molar-refractivity contribution in [3.8, 4) is 17.9 Å². The zero-order chi connectivity index (χ0) is 16.4. The summed E-state index contributed by atoms with van der Waals surface area (Å²) in [6, 6.07) is 10.4. The molecule has 1 aromatic rings. The fourth-order valence-corrected chi connectivity index (χ4v) is 1.75. The topological polar surface area (TPSA) is 94.2 Å². The SMILES string of the molecule is CC(=O)c1ccc(OCC(=O)N(CCC#N)CCC#N)cc1. The molecular weight excluding hydrogens is 282 g/mol. The van der Waals surface area contributed by atoms with E-state index in [1.54, 1.807) is 24.3 Å². The molecule has 1 rings (SSSR count). The van der Waals surface area contributed by atoms with Gasteiger partial charge in [0.15, 0.2) is 12.4 Å². The fourth-order valence-electron chi connectivity index (χ4n) is 1.75. The Morgan fingerprint density at radius 1 is 1.09 bits per heavy atom. The van der Waals surface area contributed by atoms with Crippen LogP contribution in [0.25, 0.3) is 0 Å². The normalized spacial score (nSPS) is 9.41. The molecule has 0 saturated carbocycles. The highest BCUT2D eigenvalue weighted by Crippen LogP contribution is 2.12. The van der Waals surface area contributed by atoms with Gasteiger partial charge in [0, 0.05) is 18.7 Å². The third-order valence-corrected chi connectivity index (χ3v) is 2.96. The molecule has 0 saturated heterocycles. The van der Waals surface area contributed by atoms with Crippen molar-refractivity contribution < 1.29 is 14.3 Å². The smallest absolute Gasteiger partial charge is 0.260 e. The van der Waals surface area contributed by atoms with Crippen LogP contribution in [0.4, 0.5) is 0 Å². The number of carbonyl (C=O) groups excluding carboxylic acids is 2. The molecule has 22 heavy (non-hydrogen) atoms. The van der Waals surface area contributed by atoms with Crippen LogP contribution in [0.3, 0.4) is 0 Å². The van der Waals surface area contributed by atoms with Gasteiger partial charge in [0.1, 0.15) is 5.75 Å². The number of carbonyl (C=O) groups is 2. The maximum Gasteiger partial charge on any atom is 0.260 e. The van der Waals surface area contributed by atoms with Gasteiger partial charge >= 0.3 is 0 Å². The van der Waals surface area contributed by atoms with Gasteiger partial charge in [-0.15, -0.1) is 0 Å². The van der Waals surface area contributed by atoms with Crippen LogP contribution in [-0.2, 0) is 4.79 Å². The van der Waals surface area contributed by atoms with Crippen LogP contribution in [-0.4, -0.2) is 36.3 Å². The van der Waals surface area contributed by atoms with E-state index in [0.717, 1.165) is 0 Å². The van der Waals surface area contributed by atoms with Gasteiger partial charge in [-0.25, -0.2) is 0 Å². The highest BCUT2D eigenvalue weighted by atomic mass is 16.5. The van der Waals surface area contributed by atoms with Crippen LogP contribution in [0.5, 0.6) is 5.75 Å². The fraction of sp³-hybridized carbons (Fsp3) is 0.375. The zero-order valence-electron chi connectivity index (χ0n) is 12.4. The van der Waals surface area contributed by atoms with Gasteiger partial charge in [0.05, 0.1) is 25.0 Å². The second kappa shape index (κ2) is 9.15. The molecular formula is C16H17N3O3. The number of benzene rings is 1. The lowest BCUT2D eigenvalue weighted by molar-refractivity contribution is -0.133. The summed E-state index contributed by atoms with van der Waals surface area (Å²) in [5.74, 6) is 0.168. The highest BCUT2D eigenvalue weighted by Gasteiger charge is 2.13. The van der Waals surface area contributed by atoms with E-state index in [0.29, 0.717) is 11.3 Å². The Morgan fingerprint density at radius 2 is 1.64 bits per heavy atom. The van der Waals surface area contributed by atoms with E-state index in [1.165, 1.54) is 11.8 Å². The lowest BCUT2D eigenvalue weighted by Crippen LogP contribution is -2.36. The molecule has 0 spiro atoms. The first-order valence-electron chi connectivity index (χ1n) is 6.84. The van der Waals surface area contributed by atoms with E-state index in [1.807, 2.05) is 12.1 Å². The van der Waals surface area contributed by atoms with Crippen LogP contribution in [0.15, 0.2) is 24.3 Å². The molecule has 1 amide bonds. The molecule has 0 N–H and O–H groups in total. The molecule has 0 radical (unpaired) electrons. The summed E-state index contributed by atoms with van der Waals surface area (Å²) in [4.78, 5) is 24.6. The number of hydrogen-bond donors (Lipinski definition) is 0. The monoisotopic (exact) mass is 299 g/mol. The number of ether oxygens (including phenoxy) is 1. The van der Waals surface area contributed by atoms with Crippen LogP contribution < -0.4 is 4.74 Å². The summed E-state index contributed by atoms with van der Waals surface area (Å²) >= 11 is 0. The maximum absolute atomic E-state index is 12.0. The Balaban J connectivity index is 2.56. The van der Waals surface area contributed by atoms with Gasteiger partial charge in [0.25, 0.3) is 5.91 Å². The molecule has 0 atom stereocenters. The third kappa shape index (κ3) is 5.64. The maximum atomic E-state index is 12.0. The predicted molar refractivity (Wildman–Crippen MR) is 79.0 cm³/mol. The number of nitriles is 2. The number of nitrogens with zero attached hydrogens (tertiary/aromatic N) is 3. The predicted octanol–water partition coefficient (Wildman–Crippen LogP) is 1.92. The molecule has 6 heteroatoms. The van der Waals surface area contributed by atoms with E-state index in [4.69, 9.17) is 15.3 Å². The molecule has 0 bridgehead atoms. The Bertz CT molecular complexity index is 579. The molecule has 6 nitrogen and oxygen atoms in total. The second-order valence-corrected chi connectivity index (χ2v) is 4.57. The van der Waals surface area contributed by atoms with Crippen molar-refractivity contribution in [3.05, 3.63) is 29.8 Å². The second-order valence-electron chi connectivity index (χ2n) is 4.57. The summed E-state index contributed by atoms with van der Waals surface area (Å²) in [6.45, 7) is 1.87. The summed E-state index contributed by atoms with van der Waals surface area (Å²) in [7, 11) is 0. The summed E-state index contributed by atoms with van der Waals surface area (Å²) < 4.78 is 5.38. The van der Waals surface area contributed by atoms with Crippen LogP contribution in [0.1, 0.15) is 30.1 Å².